The lowest BCUT2D eigenvalue weighted by Crippen LogP contribution is -2.38. The number of carbonyl (C=O) groups excluding carboxylic acids is 1. The van der Waals surface area contributed by atoms with E-state index in [1.165, 1.54) is 0 Å². The lowest BCUT2D eigenvalue weighted by molar-refractivity contribution is -0.143. The molecule has 0 fully saturated rings. The summed E-state index contributed by atoms with van der Waals surface area (Å²) in [6, 6.07) is 10.0. The normalized spacial score (nSPS) is 15.2. The molecule has 22 heavy (non-hydrogen) atoms. The van der Waals surface area contributed by atoms with Gasteiger partial charge in [-0.15, -0.1) is 0 Å². The van der Waals surface area contributed by atoms with E-state index in [1.54, 1.807) is 0 Å². The van der Waals surface area contributed by atoms with Crippen molar-refractivity contribution in [1.82, 2.24) is 0 Å². The van der Waals surface area contributed by atoms with Crippen molar-refractivity contribution < 1.29 is 13.6 Å². The van der Waals surface area contributed by atoms with E-state index in [-0.39, 0.29) is 18.0 Å². The van der Waals surface area contributed by atoms with Crippen molar-refractivity contribution in [2.24, 2.45) is 5.92 Å². The van der Waals surface area contributed by atoms with Gasteiger partial charge in [0.15, 0.2) is 8.32 Å². The fourth-order valence-corrected chi connectivity index (χ4v) is 4.10. The fourth-order valence-electron chi connectivity index (χ4n) is 2.29. The summed E-state index contributed by atoms with van der Waals surface area (Å²) in [6.07, 6.45) is 0.495. The molecule has 2 atom stereocenters. The van der Waals surface area contributed by atoms with Crippen LogP contribution in [0.1, 0.15) is 25.0 Å². The Labute approximate surface area is 137 Å². The van der Waals surface area contributed by atoms with E-state index in [1.807, 2.05) is 56.9 Å². The van der Waals surface area contributed by atoms with Crippen molar-refractivity contribution in [3.63, 3.8) is 0 Å². The van der Waals surface area contributed by atoms with Gasteiger partial charge in [0, 0.05) is 0 Å². The predicted octanol–water partition coefficient (Wildman–Crippen LogP) is 4.98. The molecular weight excluding hydrogens is 308 g/mol. The molecule has 0 bridgehead atoms. The van der Waals surface area contributed by atoms with Crippen LogP contribution in [-0.4, -0.2) is 22.6 Å². The van der Waals surface area contributed by atoms with Gasteiger partial charge in [-0.1, -0.05) is 37.3 Å². The summed E-state index contributed by atoms with van der Waals surface area (Å²) >= 11 is 0. The molecule has 0 amide bonds. The maximum Gasteiger partial charge on any atom is 0.298 e. The standard InChI is InChI=1S/C17H30O3Si2/c1-8-15(17(18)20-22(5,6)7)16(19-21(2,3)4)14-12-10-9-11-13-14/h9-13,15-16H,8H2,1-7H3/t15-,16+/m1/s1. The highest BCUT2D eigenvalue weighted by atomic mass is 28.4. The smallest absolute Gasteiger partial charge is 0.298 e. The Bertz CT molecular complexity index is 475. The second-order valence-electron chi connectivity index (χ2n) is 7.61. The molecule has 0 N–H and O–H groups in total. The molecular formula is C17H30O3Si2. The molecule has 0 aromatic heterocycles. The quantitative estimate of drug-likeness (QED) is 0.657. The van der Waals surface area contributed by atoms with Gasteiger partial charge >= 0.3 is 0 Å². The molecule has 0 aliphatic carbocycles. The van der Waals surface area contributed by atoms with Crippen LogP contribution in [0.25, 0.3) is 0 Å². The zero-order valence-corrected chi connectivity index (χ0v) is 17.0. The molecule has 124 valence electrons. The van der Waals surface area contributed by atoms with E-state index >= 15 is 0 Å². The maximum atomic E-state index is 12.6. The molecule has 1 aromatic rings. The maximum absolute atomic E-state index is 12.6. The number of hydrogen-bond donors (Lipinski definition) is 0. The van der Waals surface area contributed by atoms with Crippen LogP contribution in [0, 0.1) is 5.92 Å². The third-order valence-corrected chi connectivity index (χ3v) is 4.90. The van der Waals surface area contributed by atoms with Gasteiger partial charge in [0.25, 0.3) is 5.97 Å². The van der Waals surface area contributed by atoms with Gasteiger partial charge < -0.3 is 8.85 Å². The summed E-state index contributed by atoms with van der Waals surface area (Å²) in [4.78, 5) is 12.6. The average molecular weight is 339 g/mol. The molecule has 1 rings (SSSR count). The van der Waals surface area contributed by atoms with Gasteiger partial charge in [-0.2, -0.15) is 0 Å². The third-order valence-electron chi connectivity index (χ3n) is 3.12. The van der Waals surface area contributed by atoms with E-state index in [2.05, 4.69) is 19.6 Å². The first-order valence-corrected chi connectivity index (χ1v) is 14.8. The van der Waals surface area contributed by atoms with Crippen LogP contribution >= 0.6 is 0 Å². The Morgan fingerprint density at radius 1 is 1.00 bits per heavy atom. The minimum absolute atomic E-state index is 0.117. The minimum Gasteiger partial charge on any atom is -0.520 e. The SMILES string of the molecule is CC[C@@H](C(=O)O[Si](C)(C)C)[C@@H](O[Si](C)(C)C)c1ccccc1. The van der Waals surface area contributed by atoms with Gasteiger partial charge in [-0.05, 0) is 51.3 Å². The summed E-state index contributed by atoms with van der Waals surface area (Å²) in [5.41, 5.74) is 1.06. The lowest BCUT2D eigenvalue weighted by atomic mass is 9.94. The van der Waals surface area contributed by atoms with Crippen LogP contribution in [0.4, 0.5) is 0 Å². The number of benzene rings is 1. The van der Waals surface area contributed by atoms with Crippen LogP contribution in [0.15, 0.2) is 30.3 Å². The first kappa shape index (κ1) is 19.1. The number of hydrogen-bond acceptors (Lipinski definition) is 3. The van der Waals surface area contributed by atoms with Crippen LogP contribution in [0.2, 0.25) is 39.3 Å². The van der Waals surface area contributed by atoms with E-state index in [4.69, 9.17) is 8.85 Å². The molecule has 0 aliphatic heterocycles. The zero-order chi connectivity index (χ0) is 17.0. The Morgan fingerprint density at radius 2 is 1.55 bits per heavy atom. The molecule has 0 spiro atoms. The Kier molecular flexibility index (Phi) is 6.58. The van der Waals surface area contributed by atoms with Gasteiger partial charge in [0.2, 0.25) is 8.32 Å². The number of rotatable bonds is 7. The highest BCUT2D eigenvalue weighted by Gasteiger charge is 2.35. The van der Waals surface area contributed by atoms with E-state index in [9.17, 15) is 4.79 Å². The van der Waals surface area contributed by atoms with Crippen LogP contribution in [0.3, 0.4) is 0 Å². The molecule has 0 unspecified atom stereocenters. The molecule has 1 aromatic carbocycles. The number of carbonyl (C=O) groups is 1. The predicted molar refractivity (Wildman–Crippen MR) is 96.8 cm³/mol. The molecule has 5 heteroatoms. The molecule has 0 heterocycles. The highest BCUT2D eigenvalue weighted by Crippen LogP contribution is 2.33. The van der Waals surface area contributed by atoms with Crippen LogP contribution in [-0.2, 0) is 13.6 Å². The lowest BCUT2D eigenvalue weighted by Gasteiger charge is -2.33. The first-order chi connectivity index (χ1) is 10.0. The zero-order valence-electron chi connectivity index (χ0n) is 15.0. The molecule has 0 saturated heterocycles. The van der Waals surface area contributed by atoms with Crippen molar-refractivity contribution in [3.05, 3.63) is 35.9 Å². The highest BCUT2D eigenvalue weighted by molar-refractivity contribution is 6.71. The summed E-state index contributed by atoms with van der Waals surface area (Å²) in [5, 5.41) is 0. The van der Waals surface area contributed by atoms with E-state index < -0.39 is 16.6 Å². The van der Waals surface area contributed by atoms with Gasteiger partial charge in [0.1, 0.15) is 0 Å². The second-order valence-corrected chi connectivity index (χ2v) is 16.5. The Hall–Kier alpha value is -0.916. The average Bonchev–Trinajstić information content (AvgIpc) is 2.36. The van der Waals surface area contributed by atoms with Crippen molar-refractivity contribution in [2.45, 2.75) is 58.7 Å². The van der Waals surface area contributed by atoms with Crippen molar-refractivity contribution in [1.29, 1.82) is 0 Å². The van der Waals surface area contributed by atoms with Crippen LogP contribution < -0.4 is 0 Å². The van der Waals surface area contributed by atoms with E-state index in [0.29, 0.717) is 6.42 Å². The molecule has 3 nitrogen and oxygen atoms in total. The van der Waals surface area contributed by atoms with Crippen molar-refractivity contribution in [2.75, 3.05) is 0 Å². The second kappa shape index (κ2) is 7.57. The summed E-state index contributed by atoms with van der Waals surface area (Å²) in [5.74, 6) is -0.366. The monoisotopic (exact) mass is 338 g/mol. The summed E-state index contributed by atoms with van der Waals surface area (Å²) in [6.45, 7) is 14.6. The first-order valence-electron chi connectivity index (χ1n) is 7.99. The van der Waals surface area contributed by atoms with Crippen molar-refractivity contribution >= 4 is 22.6 Å². The molecule has 0 radical (unpaired) electrons. The topological polar surface area (TPSA) is 35.5 Å². The van der Waals surface area contributed by atoms with Gasteiger partial charge in [0.05, 0.1) is 12.0 Å². The minimum atomic E-state index is -1.90. The Balaban J connectivity index is 3.09. The van der Waals surface area contributed by atoms with Gasteiger partial charge in [-0.25, -0.2) is 0 Å². The van der Waals surface area contributed by atoms with Crippen molar-refractivity contribution in [3.8, 4) is 0 Å². The van der Waals surface area contributed by atoms with Gasteiger partial charge in [-0.3, -0.25) is 4.79 Å². The Morgan fingerprint density at radius 3 is 1.95 bits per heavy atom. The molecule has 0 aliphatic rings. The molecule has 0 saturated carbocycles. The summed E-state index contributed by atoms with van der Waals surface area (Å²) < 4.78 is 12.1. The van der Waals surface area contributed by atoms with E-state index in [0.717, 1.165) is 5.56 Å². The third kappa shape index (κ3) is 6.46. The fraction of sp³-hybridized carbons (Fsp3) is 0.588. The summed E-state index contributed by atoms with van der Waals surface area (Å²) in [7, 11) is -3.68. The van der Waals surface area contributed by atoms with Crippen LogP contribution in [0.5, 0.6) is 0 Å². The largest absolute Gasteiger partial charge is 0.520 e.